The van der Waals surface area contributed by atoms with Gasteiger partial charge in [-0.1, -0.05) is 15.9 Å². The molecule has 0 atom stereocenters. The third-order valence-corrected chi connectivity index (χ3v) is 3.78. The van der Waals surface area contributed by atoms with Crippen molar-refractivity contribution in [3.8, 4) is 17.2 Å². The van der Waals surface area contributed by atoms with Crippen LogP contribution >= 0.6 is 38.5 Å². The highest BCUT2D eigenvalue weighted by molar-refractivity contribution is 14.1. The van der Waals surface area contributed by atoms with Gasteiger partial charge in [0.15, 0.2) is 11.5 Å². The predicted molar refractivity (Wildman–Crippen MR) is 71.4 cm³/mol. The van der Waals surface area contributed by atoms with Gasteiger partial charge in [0.1, 0.15) is 0 Å². The van der Waals surface area contributed by atoms with E-state index < -0.39 is 0 Å². The third kappa shape index (κ3) is 2.50. The molecule has 84 valence electrons. The maximum Gasteiger partial charge on any atom is 0.204 e. The highest BCUT2D eigenvalue weighted by Gasteiger charge is 2.17. The maximum absolute atomic E-state index is 5.32. The van der Waals surface area contributed by atoms with E-state index in [4.69, 9.17) is 14.2 Å². The fourth-order valence-electron chi connectivity index (χ4n) is 1.27. The molecule has 3 nitrogen and oxygen atoms in total. The van der Waals surface area contributed by atoms with Crippen LogP contribution in [0, 0.1) is 3.57 Å². The summed E-state index contributed by atoms with van der Waals surface area (Å²) in [4.78, 5) is 0. The minimum atomic E-state index is 0.633. The van der Waals surface area contributed by atoms with E-state index in [1.807, 2.05) is 6.07 Å². The van der Waals surface area contributed by atoms with Crippen LogP contribution in [-0.2, 0) is 5.33 Å². The highest BCUT2D eigenvalue weighted by atomic mass is 127. The topological polar surface area (TPSA) is 27.7 Å². The van der Waals surface area contributed by atoms with E-state index in [-0.39, 0.29) is 0 Å². The molecule has 0 spiro atoms. The van der Waals surface area contributed by atoms with E-state index in [9.17, 15) is 0 Å². The van der Waals surface area contributed by atoms with Gasteiger partial charge < -0.3 is 14.2 Å². The molecule has 0 aliphatic carbocycles. The van der Waals surface area contributed by atoms with Gasteiger partial charge in [-0.25, -0.2) is 0 Å². The first-order valence-corrected chi connectivity index (χ1v) is 6.42. The van der Waals surface area contributed by atoms with Crippen LogP contribution in [-0.4, -0.2) is 21.3 Å². The zero-order valence-corrected chi connectivity index (χ0v) is 12.5. The Balaban J connectivity index is 3.43. The van der Waals surface area contributed by atoms with Crippen molar-refractivity contribution in [2.75, 3.05) is 21.3 Å². The summed E-state index contributed by atoms with van der Waals surface area (Å²) in [6.45, 7) is 0. The molecule has 0 N–H and O–H groups in total. The standard InChI is InChI=1S/C10H12BrIO3/c1-13-7-4-6(5-11)8(12)10(15-3)9(7)14-2/h4H,5H2,1-3H3. The quantitative estimate of drug-likeness (QED) is 0.587. The van der Waals surface area contributed by atoms with Crippen LogP contribution in [0.5, 0.6) is 17.2 Å². The number of hydrogen-bond acceptors (Lipinski definition) is 3. The van der Waals surface area contributed by atoms with Crippen LogP contribution in [0.15, 0.2) is 6.07 Å². The summed E-state index contributed by atoms with van der Waals surface area (Å²) < 4.78 is 16.9. The molecule has 1 aromatic rings. The number of ether oxygens (including phenoxy) is 3. The summed E-state index contributed by atoms with van der Waals surface area (Å²) in [5.74, 6) is 2.03. The van der Waals surface area contributed by atoms with E-state index in [0.29, 0.717) is 17.2 Å². The van der Waals surface area contributed by atoms with E-state index in [0.717, 1.165) is 14.5 Å². The normalized spacial score (nSPS) is 9.93. The SMILES string of the molecule is COc1cc(CBr)c(I)c(OC)c1OC. The molecule has 0 saturated carbocycles. The Morgan fingerprint density at radius 3 is 2.13 bits per heavy atom. The smallest absolute Gasteiger partial charge is 0.204 e. The third-order valence-electron chi connectivity index (χ3n) is 1.99. The molecule has 1 aromatic carbocycles. The molecule has 1 rings (SSSR count). The zero-order chi connectivity index (χ0) is 11.4. The molecular weight excluding hydrogens is 375 g/mol. The largest absolute Gasteiger partial charge is 0.493 e. The summed E-state index contributed by atoms with van der Waals surface area (Å²) in [6.07, 6.45) is 0. The van der Waals surface area contributed by atoms with Crippen LogP contribution in [0.4, 0.5) is 0 Å². The maximum atomic E-state index is 5.32. The molecule has 15 heavy (non-hydrogen) atoms. The Morgan fingerprint density at radius 1 is 1.13 bits per heavy atom. The Labute approximate surface area is 111 Å². The van der Waals surface area contributed by atoms with E-state index >= 15 is 0 Å². The molecule has 5 heteroatoms. The van der Waals surface area contributed by atoms with Gasteiger partial charge in [0, 0.05) is 5.33 Å². The first kappa shape index (κ1) is 12.9. The number of rotatable bonds is 4. The fourth-order valence-corrected chi connectivity index (χ4v) is 3.05. The summed E-state index contributed by atoms with van der Waals surface area (Å²) in [6, 6.07) is 1.94. The van der Waals surface area contributed by atoms with E-state index in [1.165, 1.54) is 0 Å². The van der Waals surface area contributed by atoms with Crippen molar-refractivity contribution in [1.29, 1.82) is 0 Å². The van der Waals surface area contributed by atoms with E-state index in [1.54, 1.807) is 21.3 Å². The van der Waals surface area contributed by atoms with Gasteiger partial charge in [0.2, 0.25) is 5.75 Å². The van der Waals surface area contributed by atoms with Crippen molar-refractivity contribution in [2.45, 2.75) is 5.33 Å². The van der Waals surface area contributed by atoms with Crippen molar-refractivity contribution >= 4 is 38.5 Å². The van der Waals surface area contributed by atoms with Gasteiger partial charge in [-0.05, 0) is 34.2 Å². The molecule has 0 amide bonds. The first-order chi connectivity index (χ1) is 7.19. The van der Waals surface area contributed by atoms with Gasteiger partial charge in [-0.2, -0.15) is 0 Å². The Hall–Kier alpha value is -0.170. The second kappa shape index (κ2) is 5.79. The average Bonchev–Trinajstić information content (AvgIpc) is 2.28. The number of alkyl halides is 1. The summed E-state index contributed by atoms with van der Waals surface area (Å²) in [7, 11) is 4.84. The lowest BCUT2D eigenvalue weighted by Gasteiger charge is -2.15. The Kier molecular flexibility index (Phi) is 4.98. The fraction of sp³-hybridized carbons (Fsp3) is 0.400. The Bertz CT molecular complexity index is 355. The van der Waals surface area contributed by atoms with Crippen LogP contribution in [0.3, 0.4) is 0 Å². The molecule has 0 saturated heterocycles. The van der Waals surface area contributed by atoms with Gasteiger partial charge >= 0.3 is 0 Å². The molecule has 0 heterocycles. The van der Waals surface area contributed by atoms with E-state index in [2.05, 4.69) is 38.5 Å². The lowest BCUT2D eigenvalue weighted by Crippen LogP contribution is -1.99. The van der Waals surface area contributed by atoms with Crippen LogP contribution in [0.1, 0.15) is 5.56 Å². The van der Waals surface area contributed by atoms with Crippen molar-refractivity contribution < 1.29 is 14.2 Å². The number of hydrogen-bond donors (Lipinski definition) is 0. The minimum Gasteiger partial charge on any atom is -0.493 e. The summed E-state index contributed by atoms with van der Waals surface area (Å²) >= 11 is 5.66. The van der Waals surface area contributed by atoms with Crippen LogP contribution < -0.4 is 14.2 Å². The van der Waals surface area contributed by atoms with Gasteiger partial charge in [0.05, 0.1) is 24.9 Å². The Morgan fingerprint density at radius 2 is 1.73 bits per heavy atom. The number of benzene rings is 1. The van der Waals surface area contributed by atoms with Gasteiger partial charge in [-0.3, -0.25) is 0 Å². The second-order valence-corrected chi connectivity index (χ2v) is 4.39. The number of methoxy groups -OCH3 is 3. The van der Waals surface area contributed by atoms with Crippen LogP contribution in [0.25, 0.3) is 0 Å². The zero-order valence-electron chi connectivity index (χ0n) is 8.77. The molecule has 0 unspecified atom stereocenters. The van der Waals surface area contributed by atoms with Crippen molar-refractivity contribution in [3.05, 3.63) is 15.2 Å². The minimum absolute atomic E-state index is 0.633. The highest BCUT2D eigenvalue weighted by Crippen LogP contribution is 2.42. The second-order valence-electron chi connectivity index (χ2n) is 2.75. The molecular formula is C10H12BrIO3. The van der Waals surface area contributed by atoms with Gasteiger partial charge in [0.25, 0.3) is 0 Å². The molecule has 0 fully saturated rings. The van der Waals surface area contributed by atoms with Crippen molar-refractivity contribution in [3.63, 3.8) is 0 Å². The molecule has 0 aliphatic rings. The van der Waals surface area contributed by atoms with Crippen molar-refractivity contribution in [1.82, 2.24) is 0 Å². The molecule has 0 aromatic heterocycles. The summed E-state index contributed by atoms with van der Waals surface area (Å²) in [5, 5.41) is 0.752. The van der Waals surface area contributed by atoms with Gasteiger partial charge in [-0.15, -0.1) is 0 Å². The summed E-state index contributed by atoms with van der Waals surface area (Å²) in [5.41, 5.74) is 1.12. The van der Waals surface area contributed by atoms with Crippen molar-refractivity contribution in [2.24, 2.45) is 0 Å². The first-order valence-electron chi connectivity index (χ1n) is 4.22. The van der Waals surface area contributed by atoms with Crippen LogP contribution in [0.2, 0.25) is 0 Å². The average molecular weight is 387 g/mol. The molecule has 0 radical (unpaired) electrons. The lowest BCUT2D eigenvalue weighted by atomic mass is 10.2. The predicted octanol–water partition coefficient (Wildman–Crippen LogP) is 3.21. The number of halogens is 2. The molecule has 0 aliphatic heterocycles. The monoisotopic (exact) mass is 386 g/mol. The molecule has 0 bridgehead atoms. The lowest BCUT2D eigenvalue weighted by molar-refractivity contribution is 0.322.